The van der Waals surface area contributed by atoms with Gasteiger partial charge >= 0.3 is 6.18 Å². The van der Waals surface area contributed by atoms with Crippen LogP contribution < -0.4 is 0 Å². The van der Waals surface area contributed by atoms with Crippen LogP contribution in [-0.4, -0.2) is 30.1 Å². The average Bonchev–Trinajstić information content (AvgIpc) is 3.03. The molecular weight excluding hydrogens is 315 g/mol. The van der Waals surface area contributed by atoms with E-state index in [0.29, 0.717) is 11.6 Å². The van der Waals surface area contributed by atoms with E-state index in [1.54, 1.807) is 34.3 Å². The lowest BCUT2D eigenvalue weighted by molar-refractivity contribution is -0.137. The van der Waals surface area contributed by atoms with Crippen molar-refractivity contribution in [2.45, 2.75) is 18.1 Å². The van der Waals surface area contributed by atoms with Crippen LogP contribution in [0, 0.1) is 0 Å². The summed E-state index contributed by atoms with van der Waals surface area (Å²) >= 11 is 1.58. The minimum absolute atomic E-state index is 0.190. The van der Waals surface area contributed by atoms with Crippen LogP contribution in [0.25, 0.3) is 17.1 Å². The molecule has 3 heterocycles. The van der Waals surface area contributed by atoms with Crippen molar-refractivity contribution in [2.24, 2.45) is 7.05 Å². The van der Waals surface area contributed by atoms with Crippen LogP contribution in [0.2, 0.25) is 0 Å². The maximum atomic E-state index is 12.8. The molecule has 0 atom stereocenters. The molecule has 0 bridgehead atoms. The fraction of sp³-hybridized carbons (Fsp3) is 0.308. The molecule has 116 valence electrons. The molecule has 5 nitrogen and oxygen atoms in total. The van der Waals surface area contributed by atoms with Gasteiger partial charge in [0.2, 0.25) is 5.95 Å². The van der Waals surface area contributed by atoms with Crippen molar-refractivity contribution in [3.63, 3.8) is 0 Å². The fourth-order valence-corrected chi connectivity index (χ4v) is 2.81. The van der Waals surface area contributed by atoms with E-state index >= 15 is 0 Å². The van der Waals surface area contributed by atoms with E-state index < -0.39 is 11.7 Å². The van der Waals surface area contributed by atoms with Crippen LogP contribution in [0.1, 0.15) is 12.5 Å². The van der Waals surface area contributed by atoms with Gasteiger partial charge in [0, 0.05) is 13.2 Å². The quantitative estimate of drug-likeness (QED) is 0.693. The minimum Gasteiger partial charge on any atom is -0.296 e. The Morgan fingerprint density at radius 2 is 2.09 bits per heavy atom. The highest BCUT2D eigenvalue weighted by Gasteiger charge is 2.31. The maximum Gasteiger partial charge on any atom is 0.417 e. The topological polar surface area (TPSA) is 48.5 Å². The zero-order valence-corrected chi connectivity index (χ0v) is 12.6. The molecule has 0 spiro atoms. The zero-order valence-electron chi connectivity index (χ0n) is 11.8. The van der Waals surface area contributed by atoms with Gasteiger partial charge in [-0.1, -0.05) is 6.92 Å². The molecule has 3 aromatic rings. The monoisotopic (exact) mass is 327 g/mol. The Balaban J connectivity index is 2.15. The second kappa shape index (κ2) is 5.31. The van der Waals surface area contributed by atoms with Gasteiger partial charge in [0.1, 0.15) is 10.5 Å². The number of fused-ring (bicyclic) bond motifs is 1. The van der Waals surface area contributed by atoms with Gasteiger partial charge in [0.05, 0.1) is 11.8 Å². The van der Waals surface area contributed by atoms with E-state index in [9.17, 15) is 13.2 Å². The van der Waals surface area contributed by atoms with Gasteiger partial charge in [0.15, 0.2) is 5.65 Å². The van der Waals surface area contributed by atoms with Crippen molar-refractivity contribution >= 4 is 22.9 Å². The van der Waals surface area contributed by atoms with Crippen LogP contribution in [-0.2, 0) is 13.2 Å². The summed E-state index contributed by atoms with van der Waals surface area (Å²) in [7, 11) is 1.70. The largest absolute Gasteiger partial charge is 0.417 e. The van der Waals surface area contributed by atoms with Gasteiger partial charge in [-0.2, -0.15) is 23.0 Å². The molecule has 0 saturated heterocycles. The number of imidazole rings is 1. The summed E-state index contributed by atoms with van der Waals surface area (Å²) < 4.78 is 41.5. The number of hydrogen-bond donors (Lipinski definition) is 0. The number of aromatic nitrogens is 5. The van der Waals surface area contributed by atoms with E-state index in [-0.39, 0.29) is 5.52 Å². The van der Waals surface area contributed by atoms with E-state index in [0.717, 1.165) is 23.0 Å². The Morgan fingerprint density at radius 1 is 1.32 bits per heavy atom. The number of thioether (sulfide) groups is 1. The van der Waals surface area contributed by atoms with Gasteiger partial charge in [-0.3, -0.25) is 4.57 Å². The summed E-state index contributed by atoms with van der Waals surface area (Å²) in [6, 6.07) is 2.84. The van der Waals surface area contributed by atoms with Crippen molar-refractivity contribution in [2.75, 3.05) is 5.75 Å². The Labute approximate surface area is 128 Å². The highest BCUT2D eigenvalue weighted by atomic mass is 32.2. The fourth-order valence-electron chi connectivity index (χ4n) is 2.11. The van der Waals surface area contributed by atoms with Crippen LogP contribution in [0.3, 0.4) is 0 Å². The second-order valence-corrected chi connectivity index (χ2v) is 5.83. The van der Waals surface area contributed by atoms with Crippen LogP contribution in [0.15, 0.2) is 29.6 Å². The molecule has 0 amide bonds. The number of halogens is 3. The highest BCUT2D eigenvalue weighted by molar-refractivity contribution is 7.99. The summed E-state index contributed by atoms with van der Waals surface area (Å²) in [6.45, 7) is 2.01. The van der Waals surface area contributed by atoms with E-state index in [4.69, 9.17) is 0 Å². The molecule has 0 radical (unpaired) electrons. The van der Waals surface area contributed by atoms with Crippen LogP contribution in [0.5, 0.6) is 0 Å². The molecule has 0 aliphatic carbocycles. The Bertz CT molecular complexity index is 821. The predicted octanol–water partition coefficient (Wildman–Crippen LogP) is 3.28. The highest BCUT2D eigenvalue weighted by Crippen LogP contribution is 2.31. The number of rotatable bonds is 3. The molecule has 0 aromatic carbocycles. The predicted molar refractivity (Wildman–Crippen MR) is 77.0 cm³/mol. The smallest absolute Gasteiger partial charge is 0.296 e. The van der Waals surface area contributed by atoms with Gasteiger partial charge in [-0.05, 0) is 17.9 Å². The van der Waals surface area contributed by atoms with Gasteiger partial charge in [-0.15, -0.1) is 11.8 Å². The summed E-state index contributed by atoms with van der Waals surface area (Å²) in [6.07, 6.45) is -1.99. The first-order valence-electron chi connectivity index (χ1n) is 6.48. The van der Waals surface area contributed by atoms with Gasteiger partial charge in [-0.25, -0.2) is 9.97 Å². The molecule has 9 heteroatoms. The maximum absolute atomic E-state index is 12.8. The normalized spacial score (nSPS) is 12.2. The van der Waals surface area contributed by atoms with Crippen molar-refractivity contribution in [1.82, 2.24) is 24.3 Å². The summed E-state index contributed by atoms with van der Waals surface area (Å²) in [5.41, 5.74) is -0.241. The Kier molecular flexibility index (Phi) is 3.59. The Hall–Kier alpha value is -2.03. The first-order valence-corrected chi connectivity index (χ1v) is 7.47. The molecule has 3 aromatic heterocycles. The molecule has 0 unspecified atom stereocenters. The Morgan fingerprint density at radius 3 is 2.77 bits per heavy atom. The summed E-state index contributed by atoms with van der Waals surface area (Å²) in [4.78, 5) is 8.15. The van der Waals surface area contributed by atoms with E-state index in [1.165, 1.54) is 0 Å². The molecular formula is C13H12F3N5S. The van der Waals surface area contributed by atoms with Gasteiger partial charge < -0.3 is 0 Å². The zero-order chi connectivity index (χ0) is 15.9. The van der Waals surface area contributed by atoms with Crippen LogP contribution in [0.4, 0.5) is 13.2 Å². The number of pyridine rings is 1. The first-order chi connectivity index (χ1) is 10.4. The molecule has 0 aliphatic heterocycles. The molecule has 0 N–H and O–H groups in total. The third-order valence-electron chi connectivity index (χ3n) is 3.10. The summed E-state index contributed by atoms with van der Waals surface area (Å²) in [5.74, 6) is 1.29. The third-order valence-corrected chi connectivity index (χ3v) is 4.00. The molecule has 0 aliphatic rings. The number of hydrogen-bond acceptors (Lipinski definition) is 4. The van der Waals surface area contributed by atoms with Crippen molar-refractivity contribution < 1.29 is 13.2 Å². The molecule has 0 fully saturated rings. The van der Waals surface area contributed by atoms with Crippen molar-refractivity contribution in [3.05, 3.63) is 30.1 Å². The number of alkyl halides is 3. The standard InChI is InChI=1S/C13H12F3N5S/c1-3-22-10-4-5-18-21(10)12-19-9-6-8(13(14,15)16)7-17-11(9)20(12)2/h4-7H,3H2,1-2H3. The lowest BCUT2D eigenvalue weighted by Crippen LogP contribution is -2.06. The summed E-state index contributed by atoms with van der Waals surface area (Å²) in [5, 5.41) is 5.07. The van der Waals surface area contributed by atoms with Crippen LogP contribution >= 0.6 is 11.8 Å². The van der Waals surface area contributed by atoms with Crippen molar-refractivity contribution in [1.29, 1.82) is 0 Å². The SMILES string of the molecule is CCSc1ccnn1-c1nc2cc(C(F)(F)F)cnc2n1C. The van der Waals surface area contributed by atoms with E-state index in [1.807, 2.05) is 13.0 Å². The third kappa shape index (κ3) is 2.45. The first kappa shape index (κ1) is 14.9. The molecule has 22 heavy (non-hydrogen) atoms. The van der Waals surface area contributed by atoms with Gasteiger partial charge in [0.25, 0.3) is 0 Å². The second-order valence-electron chi connectivity index (χ2n) is 4.55. The average molecular weight is 327 g/mol. The number of aryl methyl sites for hydroxylation is 1. The van der Waals surface area contributed by atoms with E-state index in [2.05, 4.69) is 15.1 Å². The van der Waals surface area contributed by atoms with Crippen molar-refractivity contribution in [3.8, 4) is 5.95 Å². The lowest BCUT2D eigenvalue weighted by Gasteiger charge is -2.06. The molecule has 3 rings (SSSR count). The molecule has 0 saturated carbocycles. The minimum atomic E-state index is -4.44. The number of nitrogens with zero attached hydrogens (tertiary/aromatic N) is 5. The lowest BCUT2D eigenvalue weighted by atomic mass is 10.2.